The van der Waals surface area contributed by atoms with Gasteiger partial charge in [0.15, 0.2) is 0 Å². The van der Waals surface area contributed by atoms with E-state index in [1.807, 2.05) is 43.3 Å². The fraction of sp³-hybridized carbons (Fsp3) is 0.278. The van der Waals surface area contributed by atoms with Gasteiger partial charge in [-0.3, -0.25) is 18.9 Å². The third-order valence-electron chi connectivity index (χ3n) is 4.04. The Labute approximate surface area is 139 Å². The summed E-state index contributed by atoms with van der Waals surface area (Å²) in [6.45, 7) is 3.39. The van der Waals surface area contributed by atoms with Crippen LogP contribution in [0.5, 0.6) is 0 Å². The zero-order valence-electron chi connectivity index (χ0n) is 13.6. The van der Waals surface area contributed by atoms with Crippen molar-refractivity contribution in [2.75, 3.05) is 0 Å². The summed E-state index contributed by atoms with van der Waals surface area (Å²) in [6.07, 6.45) is 3.66. The molecule has 124 valence electrons. The SMILES string of the molecule is CCn1c(=O)n(CCC(=O)NCc2ccncc2)c2ccccc21. The number of para-hydroxylation sites is 2. The molecule has 0 fully saturated rings. The molecular weight excluding hydrogens is 304 g/mol. The number of imidazole rings is 1. The topological polar surface area (TPSA) is 68.9 Å². The first kappa shape index (κ1) is 16.0. The fourth-order valence-corrected chi connectivity index (χ4v) is 2.80. The minimum atomic E-state index is -0.0768. The molecule has 0 unspecified atom stereocenters. The van der Waals surface area contributed by atoms with Crippen molar-refractivity contribution in [3.05, 3.63) is 64.8 Å². The molecular formula is C18H20N4O2. The molecule has 0 atom stereocenters. The van der Waals surface area contributed by atoms with Crippen LogP contribution in [0.1, 0.15) is 18.9 Å². The van der Waals surface area contributed by atoms with Gasteiger partial charge in [-0.15, -0.1) is 0 Å². The van der Waals surface area contributed by atoms with E-state index in [1.165, 1.54) is 0 Å². The molecule has 0 spiro atoms. The van der Waals surface area contributed by atoms with Crippen LogP contribution >= 0.6 is 0 Å². The Bertz CT molecular complexity index is 896. The quantitative estimate of drug-likeness (QED) is 0.753. The molecule has 6 heteroatoms. The van der Waals surface area contributed by atoms with Crippen LogP contribution in [0.3, 0.4) is 0 Å². The molecule has 1 N–H and O–H groups in total. The molecule has 0 radical (unpaired) electrons. The predicted octanol–water partition coefficient (Wildman–Crippen LogP) is 1.92. The Morgan fingerprint density at radius 1 is 1.08 bits per heavy atom. The van der Waals surface area contributed by atoms with Crippen LogP contribution in [-0.2, 0) is 24.4 Å². The molecule has 1 aromatic carbocycles. The number of hydrogen-bond donors (Lipinski definition) is 1. The first-order valence-corrected chi connectivity index (χ1v) is 8.04. The minimum absolute atomic E-state index is 0.0689. The lowest BCUT2D eigenvalue weighted by atomic mass is 10.2. The number of aryl methyl sites for hydroxylation is 2. The largest absolute Gasteiger partial charge is 0.352 e. The van der Waals surface area contributed by atoms with Crippen molar-refractivity contribution in [1.82, 2.24) is 19.4 Å². The fourth-order valence-electron chi connectivity index (χ4n) is 2.80. The molecule has 2 aromatic heterocycles. The van der Waals surface area contributed by atoms with Crippen LogP contribution in [0.15, 0.2) is 53.6 Å². The molecule has 0 saturated heterocycles. The average Bonchev–Trinajstić information content (AvgIpc) is 2.90. The van der Waals surface area contributed by atoms with E-state index in [2.05, 4.69) is 10.3 Å². The van der Waals surface area contributed by atoms with Crippen LogP contribution in [0.25, 0.3) is 11.0 Å². The number of amides is 1. The van der Waals surface area contributed by atoms with E-state index in [-0.39, 0.29) is 18.0 Å². The second-order valence-corrected chi connectivity index (χ2v) is 5.55. The second-order valence-electron chi connectivity index (χ2n) is 5.55. The number of nitrogens with zero attached hydrogens (tertiary/aromatic N) is 3. The first-order chi connectivity index (χ1) is 11.7. The van der Waals surface area contributed by atoms with Crippen LogP contribution in [-0.4, -0.2) is 20.0 Å². The summed E-state index contributed by atoms with van der Waals surface area (Å²) >= 11 is 0. The number of benzene rings is 1. The van der Waals surface area contributed by atoms with Crippen molar-refractivity contribution in [2.45, 2.75) is 33.0 Å². The molecule has 2 heterocycles. The average molecular weight is 324 g/mol. The van der Waals surface area contributed by atoms with E-state index < -0.39 is 0 Å². The molecule has 0 aliphatic heterocycles. The van der Waals surface area contributed by atoms with Gasteiger partial charge in [0.1, 0.15) is 0 Å². The smallest absolute Gasteiger partial charge is 0.329 e. The highest BCUT2D eigenvalue weighted by atomic mass is 16.2. The monoisotopic (exact) mass is 324 g/mol. The normalized spacial score (nSPS) is 10.9. The molecule has 0 bridgehead atoms. The summed E-state index contributed by atoms with van der Waals surface area (Å²) in [5, 5.41) is 2.87. The molecule has 3 aromatic rings. The maximum absolute atomic E-state index is 12.5. The lowest BCUT2D eigenvalue weighted by Crippen LogP contribution is -2.28. The Hall–Kier alpha value is -2.89. The van der Waals surface area contributed by atoms with E-state index in [4.69, 9.17) is 0 Å². The third kappa shape index (κ3) is 3.22. The standard InChI is InChI=1S/C18H20N4O2/c1-2-21-15-5-3-4-6-16(15)22(18(21)24)12-9-17(23)20-13-14-7-10-19-11-8-14/h3-8,10-11H,2,9,12-13H2,1H3,(H,20,23). The molecule has 0 saturated carbocycles. The van der Waals surface area contributed by atoms with Gasteiger partial charge >= 0.3 is 5.69 Å². The van der Waals surface area contributed by atoms with E-state index in [0.29, 0.717) is 19.6 Å². The number of nitrogens with one attached hydrogen (secondary N) is 1. The lowest BCUT2D eigenvalue weighted by molar-refractivity contribution is -0.121. The summed E-state index contributed by atoms with van der Waals surface area (Å²) < 4.78 is 3.40. The summed E-state index contributed by atoms with van der Waals surface area (Å²) in [5.74, 6) is -0.0768. The zero-order chi connectivity index (χ0) is 16.9. The lowest BCUT2D eigenvalue weighted by Gasteiger charge is -2.06. The molecule has 0 aliphatic carbocycles. The first-order valence-electron chi connectivity index (χ1n) is 8.04. The van der Waals surface area contributed by atoms with Gasteiger partial charge in [0, 0.05) is 38.4 Å². The van der Waals surface area contributed by atoms with E-state index in [1.54, 1.807) is 21.5 Å². The number of aromatic nitrogens is 3. The van der Waals surface area contributed by atoms with Gasteiger partial charge in [-0.05, 0) is 36.8 Å². The number of carbonyl (C=O) groups is 1. The van der Waals surface area contributed by atoms with Crippen LogP contribution in [0.4, 0.5) is 0 Å². The molecule has 0 aliphatic rings. The Balaban J connectivity index is 1.68. The number of fused-ring (bicyclic) bond motifs is 1. The van der Waals surface area contributed by atoms with Crippen LogP contribution in [0, 0.1) is 0 Å². The van der Waals surface area contributed by atoms with Gasteiger partial charge in [0.05, 0.1) is 11.0 Å². The summed E-state index contributed by atoms with van der Waals surface area (Å²) in [5.41, 5.74) is 2.70. The van der Waals surface area contributed by atoms with Crippen molar-refractivity contribution < 1.29 is 4.79 Å². The number of hydrogen-bond acceptors (Lipinski definition) is 3. The number of rotatable bonds is 6. The third-order valence-corrected chi connectivity index (χ3v) is 4.04. The highest BCUT2D eigenvalue weighted by Gasteiger charge is 2.12. The molecule has 1 amide bonds. The van der Waals surface area contributed by atoms with Crippen molar-refractivity contribution in [3.8, 4) is 0 Å². The maximum Gasteiger partial charge on any atom is 0.329 e. The van der Waals surface area contributed by atoms with Crippen molar-refractivity contribution in [1.29, 1.82) is 0 Å². The summed E-state index contributed by atoms with van der Waals surface area (Å²) in [7, 11) is 0. The van der Waals surface area contributed by atoms with E-state index in [9.17, 15) is 9.59 Å². The van der Waals surface area contributed by atoms with Gasteiger partial charge in [-0.2, -0.15) is 0 Å². The number of carbonyl (C=O) groups excluding carboxylic acids is 1. The molecule has 6 nitrogen and oxygen atoms in total. The van der Waals surface area contributed by atoms with Crippen molar-refractivity contribution in [3.63, 3.8) is 0 Å². The van der Waals surface area contributed by atoms with E-state index >= 15 is 0 Å². The highest BCUT2D eigenvalue weighted by Crippen LogP contribution is 2.13. The van der Waals surface area contributed by atoms with Crippen molar-refractivity contribution in [2.24, 2.45) is 0 Å². The van der Waals surface area contributed by atoms with Crippen molar-refractivity contribution >= 4 is 16.9 Å². The van der Waals surface area contributed by atoms with Gasteiger partial charge in [-0.1, -0.05) is 12.1 Å². The van der Waals surface area contributed by atoms with Gasteiger partial charge in [-0.25, -0.2) is 4.79 Å². The summed E-state index contributed by atoms with van der Waals surface area (Å²) in [6, 6.07) is 11.4. The van der Waals surface area contributed by atoms with Gasteiger partial charge < -0.3 is 5.32 Å². The predicted molar refractivity (Wildman–Crippen MR) is 92.6 cm³/mol. The maximum atomic E-state index is 12.5. The highest BCUT2D eigenvalue weighted by molar-refractivity contribution is 5.78. The number of pyridine rings is 1. The second kappa shape index (κ2) is 7.12. The summed E-state index contributed by atoms with van der Waals surface area (Å²) in [4.78, 5) is 28.5. The zero-order valence-corrected chi connectivity index (χ0v) is 13.6. The van der Waals surface area contributed by atoms with Crippen LogP contribution in [0.2, 0.25) is 0 Å². The molecule has 3 rings (SSSR count). The van der Waals surface area contributed by atoms with Crippen LogP contribution < -0.4 is 11.0 Å². The minimum Gasteiger partial charge on any atom is -0.352 e. The Morgan fingerprint density at radius 2 is 1.75 bits per heavy atom. The van der Waals surface area contributed by atoms with Gasteiger partial charge in [0.2, 0.25) is 5.91 Å². The Kier molecular flexibility index (Phi) is 4.74. The van der Waals surface area contributed by atoms with E-state index in [0.717, 1.165) is 16.6 Å². The molecule has 24 heavy (non-hydrogen) atoms. The Morgan fingerprint density at radius 3 is 2.42 bits per heavy atom. The van der Waals surface area contributed by atoms with Gasteiger partial charge in [0.25, 0.3) is 0 Å².